The molecule has 1 atom stereocenters. The average molecular weight is 465 g/mol. The molecule has 0 spiro atoms. The number of hydrogen-bond acceptors (Lipinski definition) is 6. The third-order valence-corrected chi connectivity index (χ3v) is 6.33. The summed E-state index contributed by atoms with van der Waals surface area (Å²) in [4.78, 5) is 41.6. The summed E-state index contributed by atoms with van der Waals surface area (Å²) in [5, 5.41) is 0.787. The first-order valence-electron chi connectivity index (χ1n) is 11.1. The van der Waals surface area contributed by atoms with E-state index in [0.717, 1.165) is 10.9 Å². The van der Waals surface area contributed by atoms with E-state index in [1.54, 1.807) is 43.5 Å². The smallest absolute Gasteiger partial charge is 0.312 e. The van der Waals surface area contributed by atoms with Crippen molar-refractivity contribution in [1.29, 1.82) is 0 Å². The van der Waals surface area contributed by atoms with Crippen LogP contribution >= 0.6 is 0 Å². The maximum absolute atomic E-state index is 13.2. The lowest BCUT2D eigenvalue weighted by molar-refractivity contribution is -0.135. The van der Waals surface area contributed by atoms with Crippen LogP contribution in [-0.2, 0) is 4.79 Å². The van der Waals surface area contributed by atoms with Gasteiger partial charge in [-0.2, -0.15) is 0 Å². The number of Topliss-reactive ketones (excluding diaryl/α,β-unsaturated/α-hetero) is 1. The second kappa shape index (κ2) is 7.99. The highest BCUT2D eigenvalue weighted by atomic mass is 16.5. The van der Waals surface area contributed by atoms with Gasteiger partial charge in [0.05, 0.1) is 24.6 Å². The number of nitrogens with one attached hydrogen (secondary N) is 1. The van der Waals surface area contributed by atoms with E-state index >= 15 is 0 Å². The Hall–Kier alpha value is -4.65. The summed E-state index contributed by atoms with van der Waals surface area (Å²) in [6.07, 6.45) is 1.62. The fourth-order valence-electron chi connectivity index (χ4n) is 4.66. The van der Waals surface area contributed by atoms with E-state index in [-0.39, 0.29) is 29.3 Å². The zero-order valence-corrected chi connectivity index (χ0v) is 18.7. The number of methoxy groups -OCH3 is 1. The van der Waals surface area contributed by atoms with Crippen LogP contribution in [0.3, 0.4) is 0 Å². The number of hydrogen-bond donors (Lipinski definition) is 1. The van der Waals surface area contributed by atoms with Gasteiger partial charge in [-0.05, 0) is 47.4 Å². The van der Waals surface area contributed by atoms with Gasteiger partial charge in [0, 0.05) is 23.1 Å². The molecule has 0 saturated carbocycles. The van der Waals surface area contributed by atoms with Gasteiger partial charge in [-0.1, -0.05) is 30.3 Å². The van der Waals surface area contributed by atoms with Crippen LogP contribution in [0.2, 0.25) is 0 Å². The fourth-order valence-corrected chi connectivity index (χ4v) is 4.66. The maximum Gasteiger partial charge on any atom is 0.312 e. The number of benzene rings is 3. The quantitative estimate of drug-likeness (QED) is 0.270. The molecule has 7 heteroatoms. The second-order valence-electron chi connectivity index (χ2n) is 8.44. The van der Waals surface area contributed by atoms with Crippen LogP contribution in [0.1, 0.15) is 39.4 Å². The number of fused-ring (bicyclic) bond motifs is 4. The van der Waals surface area contributed by atoms with Crippen LogP contribution in [0.5, 0.6) is 17.2 Å². The Labute approximate surface area is 199 Å². The first-order valence-corrected chi connectivity index (χ1v) is 11.1. The predicted octanol–water partition coefficient (Wildman–Crippen LogP) is 4.59. The molecule has 35 heavy (non-hydrogen) atoms. The molecule has 0 fully saturated rings. The maximum atomic E-state index is 13.2. The van der Waals surface area contributed by atoms with Crippen molar-refractivity contribution in [2.75, 3.05) is 7.11 Å². The monoisotopic (exact) mass is 465 g/mol. The van der Waals surface area contributed by atoms with Crippen molar-refractivity contribution in [1.82, 2.24) is 4.98 Å². The van der Waals surface area contributed by atoms with Gasteiger partial charge >= 0.3 is 5.97 Å². The molecule has 3 heterocycles. The molecule has 4 aromatic rings. The lowest BCUT2D eigenvalue weighted by atomic mass is 9.85. The third kappa shape index (κ3) is 3.49. The molecule has 0 unspecified atom stereocenters. The van der Waals surface area contributed by atoms with Gasteiger partial charge in [0.2, 0.25) is 5.78 Å². The zero-order chi connectivity index (χ0) is 24.1. The number of carbonyl (C=O) groups excluding carboxylic acids is 2. The van der Waals surface area contributed by atoms with Gasteiger partial charge < -0.3 is 19.2 Å². The minimum atomic E-state index is -0.639. The number of allylic oxidation sites excluding steroid dienone is 1. The lowest BCUT2D eigenvalue weighted by Gasteiger charge is -2.26. The van der Waals surface area contributed by atoms with Crippen molar-refractivity contribution < 1.29 is 23.8 Å². The Balaban J connectivity index is 1.50. The van der Waals surface area contributed by atoms with Crippen LogP contribution in [0, 0.1) is 0 Å². The molecule has 0 saturated heterocycles. The average Bonchev–Trinajstić information content (AvgIpc) is 3.18. The van der Waals surface area contributed by atoms with E-state index in [4.69, 9.17) is 14.2 Å². The molecule has 0 amide bonds. The highest BCUT2D eigenvalue weighted by Crippen LogP contribution is 2.48. The molecule has 7 nitrogen and oxygen atoms in total. The minimum Gasteiger partial charge on any atom is -0.497 e. The molecule has 172 valence electrons. The topological polar surface area (TPSA) is 94.7 Å². The van der Waals surface area contributed by atoms with E-state index in [2.05, 4.69) is 4.98 Å². The number of esters is 1. The summed E-state index contributed by atoms with van der Waals surface area (Å²) in [5.41, 5.74) is 2.39. The summed E-state index contributed by atoms with van der Waals surface area (Å²) in [6, 6.07) is 19.7. The van der Waals surface area contributed by atoms with Crippen LogP contribution in [-0.4, -0.2) is 23.8 Å². The van der Waals surface area contributed by atoms with Gasteiger partial charge in [-0.3, -0.25) is 14.4 Å². The summed E-state index contributed by atoms with van der Waals surface area (Å²) in [5.74, 6) is 0.0438. The summed E-state index contributed by atoms with van der Waals surface area (Å²) < 4.78 is 16.8. The van der Waals surface area contributed by atoms with Crippen molar-refractivity contribution in [3.63, 3.8) is 0 Å². The zero-order valence-electron chi connectivity index (χ0n) is 18.7. The molecule has 0 radical (unpaired) electrons. The molecule has 1 aromatic heterocycles. The third-order valence-electron chi connectivity index (χ3n) is 6.33. The van der Waals surface area contributed by atoms with E-state index in [1.807, 2.05) is 36.4 Å². The van der Waals surface area contributed by atoms with Crippen LogP contribution < -0.4 is 19.8 Å². The number of aromatic nitrogens is 1. The first kappa shape index (κ1) is 20.9. The normalized spacial score (nSPS) is 17.6. The molecular formula is C28H19NO6. The standard InChI is InChI=1S/C28H19NO6/c1-33-17-8-7-16-12-20(28(32)29-21(16)13-17)19-14-24(30)34-22-10-9-18-26(31)23(35-27(18)25(19)22)11-15-5-3-2-4-6-15/h2-13,19H,14H2,1H3,(H,29,32)/b23-11+/t19-/m0/s1. The summed E-state index contributed by atoms with van der Waals surface area (Å²) in [7, 11) is 1.56. The lowest BCUT2D eigenvalue weighted by Crippen LogP contribution is -2.26. The van der Waals surface area contributed by atoms with Gasteiger partial charge in [0.25, 0.3) is 5.56 Å². The van der Waals surface area contributed by atoms with Gasteiger partial charge in [0.15, 0.2) is 5.76 Å². The van der Waals surface area contributed by atoms with E-state index < -0.39 is 11.9 Å². The molecular weight excluding hydrogens is 446 g/mol. The number of ether oxygens (including phenoxy) is 3. The van der Waals surface area contributed by atoms with Gasteiger partial charge in [-0.25, -0.2) is 0 Å². The second-order valence-corrected chi connectivity index (χ2v) is 8.44. The fraction of sp³-hybridized carbons (Fsp3) is 0.107. The van der Waals surface area contributed by atoms with Gasteiger partial charge in [0.1, 0.15) is 17.2 Å². The van der Waals surface area contributed by atoms with E-state index in [0.29, 0.717) is 33.7 Å². The summed E-state index contributed by atoms with van der Waals surface area (Å²) >= 11 is 0. The van der Waals surface area contributed by atoms with E-state index in [9.17, 15) is 14.4 Å². The predicted molar refractivity (Wildman–Crippen MR) is 129 cm³/mol. The summed E-state index contributed by atoms with van der Waals surface area (Å²) in [6.45, 7) is 0. The highest BCUT2D eigenvalue weighted by molar-refractivity contribution is 6.15. The van der Waals surface area contributed by atoms with Crippen LogP contribution in [0.25, 0.3) is 17.0 Å². The van der Waals surface area contributed by atoms with Crippen LogP contribution in [0.15, 0.2) is 77.3 Å². The number of aromatic amines is 1. The Morgan fingerprint density at radius 1 is 0.971 bits per heavy atom. The van der Waals surface area contributed by atoms with Crippen molar-refractivity contribution in [2.24, 2.45) is 0 Å². The Bertz CT molecular complexity index is 1620. The number of ketones is 1. The van der Waals surface area contributed by atoms with Crippen molar-refractivity contribution >= 4 is 28.7 Å². The molecule has 1 N–H and O–H groups in total. The first-order chi connectivity index (χ1) is 17.0. The largest absolute Gasteiger partial charge is 0.497 e. The van der Waals surface area contributed by atoms with Crippen LogP contribution in [0.4, 0.5) is 0 Å². The molecule has 0 bridgehead atoms. The SMILES string of the molecule is COc1ccc2cc([C@@H]3CC(=O)Oc4ccc5c(c43)O/C(=C/c3ccccc3)C5=O)c(=O)[nH]c2c1. The van der Waals surface area contributed by atoms with Crippen molar-refractivity contribution in [3.05, 3.63) is 105 Å². The highest BCUT2D eigenvalue weighted by Gasteiger charge is 2.39. The Morgan fingerprint density at radius 2 is 1.80 bits per heavy atom. The number of carbonyl (C=O) groups is 2. The number of pyridine rings is 1. The Kier molecular flexibility index (Phi) is 4.77. The molecule has 6 rings (SSSR count). The van der Waals surface area contributed by atoms with E-state index in [1.165, 1.54) is 0 Å². The molecule has 2 aliphatic rings. The number of rotatable bonds is 3. The minimum absolute atomic E-state index is 0.0521. The molecule has 3 aromatic carbocycles. The molecule has 0 aliphatic carbocycles. The Morgan fingerprint density at radius 3 is 2.60 bits per heavy atom. The molecule has 2 aliphatic heterocycles. The van der Waals surface area contributed by atoms with Gasteiger partial charge in [-0.15, -0.1) is 0 Å². The van der Waals surface area contributed by atoms with Crippen molar-refractivity contribution in [3.8, 4) is 17.2 Å². The van der Waals surface area contributed by atoms with Crippen molar-refractivity contribution in [2.45, 2.75) is 12.3 Å². The number of H-pyrrole nitrogens is 1.